The molecule has 14 heavy (non-hydrogen) atoms. The topological polar surface area (TPSA) is 44.5 Å². The first kappa shape index (κ1) is 12.9. The first-order valence-corrected chi connectivity index (χ1v) is 4.51. The molecular weight excluding hydrogens is 178 g/mol. The summed E-state index contributed by atoms with van der Waals surface area (Å²) < 4.78 is 9.27. The number of nitrogens with two attached hydrogens (primary N) is 1. The van der Waals surface area contributed by atoms with Gasteiger partial charge in [-0.05, 0) is 30.7 Å². The first-order valence-electron chi connectivity index (χ1n) is 4.51. The molecule has 3 heteroatoms. The van der Waals surface area contributed by atoms with Crippen molar-refractivity contribution in [2.75, 3.05) is 27.9 Å². The van der Waals surface area contributed by atoms with Crippen molar-refractivity contribution in [3.63, 3.8) is 0 Å². The first-order chi connectivity index (χ1) is 6.78. The maximum absolute atomic E-state index is 5.40. The summed E-state index contributed by atoms with van der Waals surface area (Å²) >= 11 is 0. The van der Waals surface area contributed by atoms with Gasteiger partial charge in [-0.15, -0.1) is 0 Å². The Balaban J connectivity index is 0.000000500. The van der Waals surface area contributed by atoms with Crippen molar-refractivity contribution in [3.05, 3.63) is 29.8 Å². The van der Waals surface area contributed by atoms with E-state index in [1.807, 2.05) is 24.3 Å². The van der Waals surface area contributed by atoms with E-state index in [2.05, 4.69) is 4.74 Å². The molecule has 1 aromatic carbocycles. The van der Waals surface area contributed by atoms with Gasteiger partial charge in [-0.3, -0.25) is 0 Å². The molecule has 0 aliphatic rings. The lowest BCUT2D eigenvalue weighted by Crippen LogP contribution is -2.02. The maximum atomic E-state index is 5.40. The largest absolute Gasteiger partial charge is 0.497 e. The van der Waals surface area contributed by atoms with Crippen LogP contribution in [-0.2, 0) is 11.2 Å². The molecule has 0 heterocycles. The van der Waals surface area contributed by atoms with Gasteiger partial charge in [0.1, 0.15) is 5.75 Å². The minimum Gasteiger partial charge on any atom is -0.497 e. The van der Waals surface area contributed by atoms with Crippen molar-refractivity contribution >= 4 is 0 Å². The molecule has 0 amide bonds. The number of hydrogen-bond acceptors (Lipinski definition) is 3. The Morgan fingerprint density at radius 3 is 1.93 bits per heavy atom. The highest BCUT2D eigenvalue weighted by Gasteiger charge is 1.91. The van der Waals surface area contributed by atoms with Crippen molar-refractivity contribution in [1.29, 1.82) is 0 Å². The number of rotatable bonds is 3. The van der Waals surface area contributed by atoms with Crippen LogP contribution in [0.3, 0.4) is 0 Å². The lowest BCUT2D eigenvalue weighted by atomic mass is 10.1. The molecule has 0 saturated carbocycles. The van der Waals surface area contributed by atoms with E-state index in [4.69, 9.17) is 10.5 Å². The molecule has 0 saturated heterocycles. The van der Waals surface area contributed by atoms with E-state index in [0.717, 1.165) is 12.2 Å². The second-order valence-electron chi connectivity index (χ2n) is 2.79. The molecule has 3 nitrogen and oxygen atoms in total. The molecule has 0 spiro atoms. The predicted octanol–water partition coefficient (Wildman–Crippen LogP) is 1.46. The SMILES string of the molecule is COC.COc1ccc(CCN)cc1. The van der Waals surface area contributed by atoms with Crippen LogP contribution in [0.4, 0.5) is 0 Å². The zero-order valence-corrected chi connectivity index (χ0v) is 9.12. The van der Waals surface area contributed by atoms with Gasteiger partial charge < -0.3 is 15.2 Å². The third-order valence-electron chi connectivity index (χ3n) is 1.59. The summed E-state index contributed by atoms with van der Waals surface area (Å²) in [6.07, 6.45) is 0.935. The quantitative estimate of drug-likeness (QED) is 0.797. The molecule has 1 rings (SSSR count). The second kappa shape index (κ2) is 8.53. The summed E-state index contributed by atoms with van der Waals surface area (Å²) in [5, 5.41) is 0. The highest BCUT2D eigenvalue weighted by Crippen LogP contribution is 2.10. The molecule has 80 valence electrons. The van der Waals surface area contributed by atoms with Crippen LogP contribution in [0.5, 0.6) is 5.75 Å². The van der Waals surface area contributed by atoms with Crippen LogP contribution < -0.4 is 10.5 Å². The fourth-order valence-electron chi connectivity index (χ4n) is 0.959. The Morgan fingerprint density at radius 1 is 1.07 bits per heavy atom. The normalized spacial score (nSPS) is 8.86. The van der Waals surface area contributed by atoms with E-state index in [-0.39, 0.29) is 0 Å². The van der Waals surface area contributed by atoms with Crippen LogP contribution in [0, 0.1) is 0 Å². The van der Waals surface area contributed by atoms with Crippen LogP contribution in [0.2, 0.25) is 0 Å². The Kier molecular flexibility index (Phi) is 7.89. The van der Waals surface area contributed by atoms with E-state index in [1.54, 1.807) is 21.3 Å². The number of methoxy groups -OCH3 is 2. The summed E-state index contributed by atoms with van der Waals surface area (Å²) in [6, 6.07) is 7.97. The average molecular weight is 197 g/mol. The number of benzene rings is 1. The second-order valence-corrected chi connectivity index (χ2v) is 2.79. The van der Waals surface area contributed by atoms with Gasteiger partial charge in [-0.25, -0.2) is 0 Å². The highest BCUT2D eigenvalue weighted by atomic mass is 16.5. The molecule has 0 radical (unpaired) electrons. The van der Waals surface area contributed by atoms with Gasteiger partial charge in [0.25, 0.3) is 0 Å². The number of hydrogen-bond donors (Lipinski definition) is 1. The molecule has 1 aromatic rings. The van der Waals surface area contributed by atoms with Crippen LogP contribution in [0.15, 0.2) is 24.3 Å². The van der Waals surface area contributed by atoms with Crippen LogP contribution >= 0.6 is 0 Å². The van der Waals surface area contributed by atoms with E-state index < -0.39 is 0 Å². The summed E-state index contributed by atoms with van der Waals surface area (Å²) in [6.45, 7) is 0.701. The van der Waals surface area contributed by atoms with E-state index in [0.29, 0.717) is 6.54 Å². The summed E-state index contributed by atoms with van der Waals surface area (Å²) in [7, 11) is 4.91. The fraction of sp³-hybridized carbons (Fsp3) is 0.455. The molecular formula is C11H19NO2. The van der Waals surface area contributed by atoms with Gasteiger partial charge in [-0.1, -0.05) is 12.1 Å². The van der Waals surface area contributed by atoms with Gasteiger partial charge >= 0.3 is 0 Å². The Bertz CT molecular complexity index is 221. The van der Waals surface area contributed by atoms with Gasteiger partial charge in [0.2, 0.25) is 0 Å². The highest BCUT2D eigenvalue weighted by molar-refractivity contribution is 5.27. The van der Waals surface area contributed by atoms with Gasteiger partial charge in [0.05, 0.1) is 7.11 Å². The van der Waals surface area contributed by atoms with Gasteiger partial charge in [0, 0.05) is 14.2 Å². The zero-order valence-electron chi connectivity index (χ0n) is 9.12. The zero-order chi connectivity index (χ0) is 10.8. The Hall–Kier alpha value is -1.06. The average Bonchev–Trinajstić information content (AvgIpc) is 2.21. The van der Waals surface area contributed by atoms with E-state index in [9.17, 15) is 0 Å². The smallest absolute Gasteiger partial charge is 0.118 e. The van der Waals surface area contributed by atoms with E-state index in [1.165, 1.54) is 5.56 Å². The lowest BCUT2D eigenvalue weighted by Gasteiger charge is -2.00. The van der Waals surface area contributed by atoms with Gasteiger partial charge in [0.15, 0.2) is 0 Å². The molecule has 0 unspecified atom stereocenters. The van der Waals surface area contributed by atoms with Crippen molar-refractivity contribution in [3.8, 4) is 5.75 Å². The molecule has 2 N–H and O–H groups in total. The van der Waals surface area contributed by atoms with Crippen LogP contribution in [0.1, 0.15) is 5.56 Å². The molecule has 0 aliphatic carbocycles. The summed E-state index contributed by atoms with van der Waals surface area (Å²) in [5.41, 5.74) is 6.66. The van der Waals surface area contributed by atoms with Crippen molar-refractivity contribution in [2.45, 2.75) is 6.42 Å². The molecule has 0 aromatic heterocycles. The Morgan fingerprint density at radius 2 is 1.57 bits per heavy atom. The minimum absolute atomic E-state index is 0.701. The van der Waals surface area contributed by atoms with E-state index >= 15 is 0 Å². The minimum atomic E-state index is 0.701. The summed E-state index contributed by atoms with van der Waals surface area (Å²) in [5.74, 6) is 0.894. The number of ether oxygens (including phenoxy) is 2. The fourth-order valence-corrected chi connectivity index (χ4v) is 0.959. The maximum Gasteiger partial charge on any atom is 0.118 e. The monoisotopic (exact) mass is 197 g/mol. The third kappa shape index (κ3) is 5.56. The standard InChI is InChI=1S/C9H13NO.C2H6O/c1-11-9-4-2-8(3-5-9)6-7-10;1-3-2/h2-5H,6-7,10H2,1H3;1-2H3. The van der Waals surface area contributed by atoms with Gasteiger partial charge in [-0.2, -0.15) is 0 Å². The molecule has 0 aliphatic heterocycles. The Labute approximate surface area is 85.8 Å². The lowest BCUT2D eigenvalue weighted by molar-refractivity contribution is 0.277. The summed E-state index contributed by atoms with van der Waals surface area (Å²) in [4.78, 5) is 0. The predicted molar refractivity (Wildman–Crippen MR) is 58.7 cm³/mol. The van der Waals surface area contributed by atoms with Crippen molar-refractivity contribution in [2.24, 2.45) is 5.73 Å². The molecule has 0 fully saturated rings. The molecule has 0 bridgehead atoms. The van der Waals surface area contributed by atoms with Crippen LogP contribution in [0.25, 0.3) is 0 Å². The third-order valence-corrected chi connectivity index (χ3v) is 1.59. The van der Waals surface area contributed by atoms with Crippen molar-refractivity contribution < 1.29 is 9.47 Å². The molecule has 0 atom stereocenters. The van der Waals surface area contributed by atoms with Crippen LogP contribution in [-0.4, -0.2) is 27.9 Å². The van der Waals surface area contributed by atoms with Crippen molar-refractivity contribution in [1.82, 2.24) is 0 Å².